The van der Waals surface area contributed by atoms with Crippen LogP contribution in [0.4, 0.5) is 4.39 Å². The smallest absolute Gasteiger partial charge is 0.230 e. The molecule has 0 atom stereocenters. The summed E-state index contributed by atoms with van der Waals surface area (Å²) in [6.07, 6.45) is 8.08. The largest absolute Gasteiger partial charge is 0.355 e. The number of allylic oxidation sites excluding steroid dienone is 1. The lowest BCUT2D eigenvalue weighted by Gasteiger charge is -2.13. The Balaban J connectivity index is 1.42. The van der Waals surface area contributed by atoms with Crippen LogP contribution >= 0.6 is 11.8 Å². The van der Waals surface area contributed by atoms with E-state index in [-0.39, 0.29) is 17.5 Å². The van der Waals surface area contributed by atoms with Gasteiger partial charge in [0.2, 0.25) is 5.91 Å². The molecule has 1 aromatic heterocycles. The van der Waals surface area contributed by atoms with E-state index in [1.807, 2.05) is 34.9 Å². The number of carbonyl (C=O) groups excluding carboxylic acids is 1. The molecule has 3 aromatic rings. The summed E-state index contributed by atoms with van der Waals surface area (Å²) in [5, 5.41) is 12.4. The van der Waals surface area contributed by atoms with Crippen LogP contribution in [0.5, 0.6) is 0 Å². The number of carbonyl (C=O) groups is 1. The summed E-state index contributed by atoms with van der Waals surface area (Å²) in [5.41, 5.74) is 3.34. The number of thioether (sulfide) groups is 1. The van der Waals surface area contributed by atoms with Crippen molar-refractivity contribution < 1.29 is 9.18 Å². The molecule has 1 aliphatic rings. The lowest BCUT2D eigenvalue weighted by atomic mass is 9.97. The minimum Gasteiger partial charge on any atom is -0.355 e. The van der Waals surface area contributed by atoms with Crippen LogP contribution in [0.15, 0.2) is 71.4 Å². The summed E-state index contributed by atoms with van der Waals surface area (Å²) in [6, 6.07) is 16.2. The zero-order chi connectivity index (χ0) is 22.2. The standard InChI is InChI=1S/C25H27FN4OS/c26-22-13-11-21(12-14-22)24-28-29-25(30(24)17-20-9-5-2-6-10-20)32-18-23(31)27-16-15-19-7-3-1-4-8-19/h2,5-7,9-14H,1,3-4,8,15-18H2,(H,27,31). The Hall–Kier alpha value is -2.93. The molecular weight excluding hydrogens is 423 g/mol. The summed E-state index contributed by atoms with van der Waals surface area (Å²) in [4.78, 5) is 12.4. The van der Waals surface area contributed by atoms with Gasteiger partial charge >= 0.3 is 0 Å². The number of nitrogens with one attached hydrogen (secondary N) is 1. The summed E-state index contributed by atoms with van der Waals surface area (Å²) in [6.45, 7) is 1.24. The second-order valence-electron chi connectivity index (χ2n) is 7.88. The van der Waals surface area contributed by atoms with Crippen molar-refractivity contribution in [2.75, 3.05) is 12.3 Å². The zero-order valence-electron chi connectivity index (χ0n) is 18.0. The van der Waals surface area contributed by atoms with Crippen molar-refractivity contribution in [2.24, 2.45) is 0 Å². The number of benzene rings is 2. The first-order valence-electron chi connectivity index (χ1n) is 11.0. The fourth-order valence-corrected chi connectivity index (χ4v) is 4.56. The Bertz CT molecular complexity index is 1060. The minimum absolute atomic E-state index is 0.0102. The predicted molar refractivity (Wildman–Crippen MR) is 126 cm³/mol. The summed E-state index contributed by atoms with van der Waals surface area (Å²) in [5.74, 6) is 0.623. The third kappa shape index (κ3) is 6.07. The van der Waals surface area contributed by atoms with Crippen molar-refractivity contribution in [3.63, 3.8) is 0 Å². The number of halogens is 1. The Morgan fingerprint density at radius 3 is 2.62 bits per heavy atom. The second kappa shape index (κ2) is 11.1. The number of rotatable bonds is 9. The molecule has 166 valence electrons. The quantitative estimate of drug-likeness (QED) is 0.358. The Kier molecular flexibility index (Phi) is 7.72. The minimum atomic E-state index is -0.293. The third-order valence-electron chi connectivity index (χ3n) is 5.49. The monoisotopic (exact) mass is 450 g/mol. The highest BCUT2D eigenvalue weighted by atomic mass is 32.2. The highest BCUT2D eigenvalue weighted by Gasteiger charge is 2.16. The lowest BCUT2D eigenvalue weighted by Crippen LogP contribution is -2.26. The number of hydrogen-bond acceptors (Lipinski definition) is 4. The van der Waals surface area contributed by atoms with Gasteiger partial charge in [-0.1, -0.05) is 53.7 Å². The molecule has 0 saturated carbocycles. The van der Waals surface area contributed by atoms with Crippen molar-refractivity contribution in [1.82, 2.24) is 20.1 Å². The normalized spacial score (nSPS) is 13.6. The first kappa shape index (κ1) is 22.3. The molecule has 1 N–H and O–H groups in total. The van der Waals surface area contributed by atoms with E-state index >= 15 is 0 Å². The summed E-state index contributed by atoms with van der Waals surface area (Å²) < 4.78 is 15.4. The highest BCUT2D eigenvalue weighted by molar-refractivity contribution is 7.99. The number of nitrogens with zero attached hydrogens (tertiary/aromatic N) is 3. The van der Waals surface area contributed by atoms with Gasteiger partial charge in [-0.2, -0.15) is 0 Å². The van der Waals surface area contributed by atoms with Crippen molar-refractivity contribution >= 4 is 17.7 Å². The fourth-order valence-electron chi connectivity index (χ4n) is 3.79. The molecule has 1 heterocycles. The molecule has 0 unspecified atom stereocenters. The molecule has 5 nitrogen and oxygen atoms in total. The first-order chi connectivity index (χ1) is 15.7. The van der Waals surface area contributed by atoms with Crippen molar-refractivity contribution in [2.45, 2.75) is 43.8 Å². The molecule has 32 heavy (non-hydrogen) atoms. The molecular formula is C25H27FN4OS. The van der Waals surface area contributed by atoms with Gasteiger partial charge in [-0.3, -0.25) is 9.36 Å². The van der Waals surface area contributed by atoms with Crippen molar-refractivity contribution in [1.29, 1.82) is 0 Å². The van der Waals surface area contributed by atoms with Crippen LogP contribution in [0.2, 0.25) is 0 Å². The molecule has 1 aliphatic carbocycles. The van der Waals surface area contributed by atoms with E-state index in [0.29, 0.717) is 24.1 Å². The number of hydrogen-bond donors (Lipinski definition) is 1. The average molecular weight is 451 g/mol. The van der Waals surface area contributed by atoms with Gasteiger partial charge in [-0.05, 0) is 61.9 Å². The Morgan fingerprint density at radius 1 is 1.06 bits per heavy atom. The lowest BCUT2D eigenvalue weighted by molar-refractivity contribution is -0.118. The predicted octanol–water partition coefficient (Wildman–Crippen LogP) is 5.23. The van der Waals surface area contributed by atoms with Gasteiger partial charge in [0.1, 0.15) is 5.82 Å². The Morgan fingerprint density at radius 2 is 1.88 bits per heavy atom. The molecule has 0 radical (unpaired) electrons. The van der Waals surface area contributed by atoms with E-state index in [1.54, 1.807) is 12.1 Å². The molecule has 4 rings (SSSR count). The SMILES string of the molecule is O=C(CSc1nnc(-c2ccc(F)cc2)n1Cc1ccccc1)NCCC1=CCCCC1. The van der Waals surface area contributed by atoms with Crippen LogP contribution in [-0.2, 0) is 11.3 Å². The topological polar surface area (TPSA) is 59.8 Å². The third-order valence-corrected chi connectivity index (χ3v) is 6.46. The number of aromatic nitrogens is 3. The van der Waals surface area contributed by atoms with Crippen LogP contribution in [-0.4, -0.2) is 33.0 Å². The van der Waals surface area contributed by atoms with Crippen LogP contribution in [0.1, 0.15) is 37.7 Å². The van der Waals surface area contributed by atoms with E-state index in [9.17, 15) is 9.18 Å². The Labute approximate surface area is 192 Å². The molecule has 0 bridgehead atoms. The molecule has 0 aliphatic heterocycles. The van der Waals surface area contributed by atoms with Crippen LogP contribution in [0, 0.1) is 5.82 Å². The van der Waals surface area contributed by atoms with Crippen molar-refractivity contribution in [3.05, 3.63) is 77.6 Å². The zero-order valence-corrected chi connectivity index (χ0v) is 18.8. The van der Waals surface area contributed by atoms with Crippen molar-refractivity contribution in [3.8, 4) is 11.4 Å². The maximum atomic E-state index is 13.4. The highest BCUT2D eigenvalue weighted by Crippen LogP contribution is 2.25. The van der Waals surface area contributed by atoms with E-state index < -0.39 is 0 Å². The molecule has 7 heteroatoms. The fraction of sp³-hybridized carbons (Fsp3) is 0.320. The van der Waals surface area contributed by atoms with Gasteiger partial charge < -0.3 is 5.32 Å². The second-order valence-corrected chi connectivity index (χ2v) is 8.82. The maximum Gasteiger partial charge on any atom is 0.230 e. The van der Waals surface area contributed by atoms with Gasteiger partial charge in [-0.15, -0.1) is 10.2 Å². The van der Waals surface area contributed by atoms with Gasteiger partial charge in [-0.25, -0.2) is 4.39 Å². The molecule has 1 amide bonds. The van der Waals surface area contributed by atoms with E-state index in [2.05, 4.69) is 21.6 Å². The van der Waals surface area contributed by atoms with Gasteiger partial charge in [0.25, 0.3) is 0 Å². The maximum absolute atomic E-state index is 13.4. The number of amides is 1. The summed E-state index contributed by atoms with van der Waals surface area (Å²) in [7, 11) is 0. The molecule has 0 fully saturated rings. The first-order valence-corrected chi connectivity index (χ1v) is 12.0. The van der Waals surface area contributed by atoms with Crippen LogP contribution in [0.3, 0.4) is 0 Å². The molecule has 2 aromatic carbocycles. The van der Waals surface area contributed by atoms with Gasteiger partial charge in [0.15, 0.2) is 11.0 Å². The van der Waals surface area contributed by atoms with Gasteiger partial charge in [0, 0.05) is 12.1 Å². The summed E-state index contributed by atoms with van der Waals surface area (Å²) >= 11 is 1.37. The van der Waals surface area contributed by atoms with E-state index in [0.717, 1.165) is 30.4 Å². The average Bonchev–Trinajstić information content (AvgIpc) is 3.22. The molecule has 0 saturated heterocycles. The van der Waals surface area contributed by atoms with Gasteiger partial charge in [0.05, 0.1) is 12.3 Å². The van der Waals surface area contributed by atoms with E-state index in [4.69, 9.17) is 0 Å². The van der Waals surface area contributed by atoms with Crippen LogP contribution in [0.25, 0.3) is 11.4 Å². The molecule has 0 spiro atoms. The van der Waals surface area contributed by atoms with Crippen LogP contribution < -0.4 is 5.32 Å². The van der Waals surface area contributed by atoms with E-state index in [1.165, 1.54) is 42.3 Å².